The van der Waals surface area contributed by atoms with Gasteiger partial charge in [-0.05, 0) is 26.0 Å². The van der Waals surface area contributed by atoms with E-state index in [1.807, 2.05) is 38.1 Å². The van der Waals surface area contributed by atoms with Gasteiger partial charge in [-0.1, -0.05) is 24.3 Å². The van der Waals surface area contributed by atoms with E-state index in [4.69, 9.17) is 0 Å². The number of aromatic nitrogens is 1. The maximum atomic E-state index is 4.35. The van der Waals surface area contributed by atoms with Gasteiger partial charge in [0.2, 0.25) is 0 Å². The average molecular weight is 227 g/mol. The normalized spacial score (nSPS) is 19.9. The molecule has 1 aliphatic rings. The lowest BCUT2D eigenvalue weighted by Gasteiger charge is -2.09. The molecule has 0 atom stereocenters. The fourth-order valence-electron chi connectivity index (χ4n) is 1.74. The van der Waals surface area contributed by atoms with Crippen molar-refractivity contribution >= 4 is 5.82 Å². The van der Waals surface area contributed by atoms with Crippen LogP contribution in [0.25, 0.3) is 0 Å². The summed E-state index contributed by atoms with van der Waals surface area (Å²) in [5, 5.41) is 6.77. The van der Waals surface area contributed by atoms with Crippen molar-refractivity contribution in [3.8, 4) is 0 Å². The molecule has 1 aliphatic heterocycles. The lowest BCUT2D eigenvalue weighted by atomic mass is 10.2. The summed E-state index contributed by atoms with van der Waals surface area (Å²) in [4.78, 5) is 4.35. The van der Waals surface area contributed by atoms with Crippen LogP contribution in [0.5, 0.6) is 0 Å². The van der Waals surface area contributed by atoms with Crippen molar-refractivity contribution in [1.29, 1.82) is 0 Å². The van der Waals surface area contributed by atoms with Crippen LogP contribution in [-0.2, 0) is 6.54 Å². The van der Waals surface area contributed by atoms with Crippen molar-refractivity contribution in [2.24, 2.45) is 0 Å². The molecule has 1 aromatic heterocycles. The highest BCUT2D eigenvalue weighted by Gasteiger charge is 2.13. The molecule has 0 radical (unpaired) electrons. The largest absolute Gasteiger partial charge is 0.379 e. The first kappa shape index (κ1) is 11.5. The molecular weight excluding hydrogens is 210 g/mol. The van der Waals surface area contributed by atoms with Gasteiger partial charge in [-0.15, -0.1) is 0 Å². The van der Waals surface area contributed by atoms with Gasteiger partial charge in [0.15, 0.2) is 0 Å². The van der Waals surface area contributed by atoms with Crippen molar-refractivity contribution in [3.05, 3.63) is 59.6 Å². The highest BCUT2D eigenvalue weighted by Crippen LogP contribution is 2.21. The van der Waals surface area contributed by atoms with E-state index in [0.29, 0.717) is 0 Å². The van der Waals surface area contributed by atoms with Crippen LogP contribution in [0, 0.1) is 0 Å². The molecule has 0 spiro atoms. The molecular formula is C14H17N3. The minimum atomic E-state index is 0.789. The second kappa shape index (κ2) is 5.34. The molecule has 0 aliphatic carbocycles. The number of allylic oxidation sites excluding steroid dienone is 4. The summed E-state index contributed by atoms with van der Waals surface area (Å²) < 4.78 is 0. The van der Waals surface area contributed by atoms with Gasteiger partial charge >= 0.3 is 0 Å². The van der Waals surface area contributed by atoms with E-state index >= 15 is 0 Å². The van der Waals surface area contributed by atoms with E-state index in [1.165, 1.54) is 5.56 Å². The van der Waals surface area contributed by atoms with Crippen molar-refractivity contribution in [3.63, 3.8) is 0 Å². The van der Waals surface area contributed by atoms with E-state index in [-0.39, 0.29) is 0 Å². The van der Waals surface area contributed by atoms with Crippen molar-refractivity contribution in [2.75, 3.05) is 5.32 Å². The van der Waals surface area contributed by atoms with Gasteiger partial charge in [-0.2, -0.15) is 0 Å². The predicted octanol–water partition coefficient (Wildman–Crippen LogP) is 2.96. The summed E-state index contributed by atoms with van der Waals surface area (Å²) in [6.07, 6.45) is 9.95. The Morgan fingerprint density at radius 3 is 2.94 bits per heavy atom. The van der Waals surface area contributed by atoms with Crippen molar-refractivity contribution < 1.29 is 0 Å². The number of nitrogens with zero attached hydrogens (tertiary/aromatic N) is 1. The van der Waals surface area contributed by atoms with Crippen LogP contribution in [0.2, 0.25) is 0 Å². The third kappa shape index (κ3) is 2.56. The van der Waals surface area contributed by atoms with E-state index in [2.05, 4.69) is 27.8 Å². The number of anilines is 1. The summed E-state index contributed by atoms with van der Waals surface area (Å²) in [7, 11) is 0. The smallest absolute Gasteiger partial charge is 0.135 e. The van der Waals surface area contributed by atoms with Crippen molar-refractivity contribution in [1.82, 2.24) is 10.3 Å². The standard InChI is InChI=1S/C14H17N3/c1-3-5-8-13-12(4-2)17-14-11(10-16-13)7-6-9-15-14/h3-9,16H,10H2,1-2H3,(H,15,17)/b5-3-,12-4+,13-8+. The second-order valence-corrected chi connectivity index (χ2v) is 3.80. The molecule has 0 saturated heterocycles. The van der Waals surface area contributed by atoms with E-state index in [1.54, 1.807) is 6.20 Å². The maximum Gasteiger partial charge on any atom is 0.135 e. The summed E-state index contributed by atoms with van der Waals surface area (Å²) in [5.74, 6) is 0.928. The monoisotopic (exact) mass is 227 g/mol. The predicted molar refractivity (Wildman–Crippen MR) is 71.4 cm³/mol. The number of rotatable bonds is 1. The van der Waals surface area contributed by atoms with Gasteiger partial charge in [0.1, 0.15) is 5.82 Å². The molecule has 3 heteroatoms. The van der Waals surface area contributed by atoms with Gasteiger partial charge in [-0.25, -0.2) is 4.98 Å². The first-order valence-corrected chi connectivity index (χ1v) is 5.79. The van der Waals surface area contributed by atoms with E-state index in [9.17, 15) is 0 Å². The summed E-state index contributed by atoms with van der Waals surface area (Å²) in [6.45, 7) is 4.81. The van der Waals surface area contributed by atoms with Gasteiger partial charge in [-0.3, -0.25) is 0 Å². The van der Waals surface area contributed by atoms with Gasteiger partial charge in [0.05, 0.1) is 11.4 Å². The fraction of sp³-hybridized carbons (Fsp3) is 0.214. The molecule has 0 bridgehead atoms. The Morgan fingerprint density at radius 1 is 1.29 bits per heavy atom. The lowest BCUT2D eigenvalue weighted by Crippen LogP contribution is -2.13. The minimum absolute atomic E-state index is 0.789. The fourth-order valence-corrected chi connectivity index (χ4v) is 1.74. The first-order valence-electron chi connectivity index (χ1n) is 5.79. The van der Waals surface area contributed by atoms with E-state index < -0.39 is 0 Å². The lowest BCUT2D eigenvalue weighted by molar-refractivity contribution is 0.834. The molecule has 0 unspecified atom stereocenters. The zero-order chi connectivity index (χ0) is 12.1. The molecule has 17 heavy (non-hydrogen) atoms. The molecule has 0 fully saturated rings. The van der Waals surface area contributed by atoms with Crippen molar-refractivity contribution in [2.45, 2.75) is 20.4 Å². The topological polar surface area (TPSA) is 37.0 Å². The Labute approximate surface area is 102 Å². The van der Waals surface area contributed by atoms with Gasteiger partial charge in [0, 0.05) is 18.3 Å². The number of pyridine rings is 1. The maximum absolute atomic E-state index is 4.35. The molecule has 3 nitrogen and oxygen atoms in total. The molecule has 1 aromatic rings. The van der Waals surface area contributed by atoms with Crippen LogP contribution in [-0.4, -0.2) is 4.98 Å². The third-order valence-electron chi connectivity index (χ3n) is 2.65. The Morgan fingerprint density at radius 2 is 2.18 bits per heavy atom. The Kier molecular flexibility index (Phi) is 3.60. The zero-order valence-corrected chi connectivity index (χ0v) is 10.2. The van der Waals surface area contributed by atoms with Gasteiger partial charge < -0.3 is 10.6 Å². The van der Waals surface area contributed by atoms with Crippen LogP contribution < -0.4 is 10.6 Å². The number of hydrogen-bond acceptors (Lipinski definition) is 3. The van der Waals surface area contributed by atoms with Crippen LogP contribution >= 0.6 is 0 Å². The SMILES string of the molecule is C\C=C/C=C1/NCc2cccnc2N/C1=C/C. The molecule has 2 N–H and O–H groups in total. The molecule has 0 aromatic carbocycles. The van der Waals surface area contributed by atoms with Crippen LogP contribution in [0.3, 0.4) is 0 Å². The van der Waals surface area contributed by atoms with Crippen LogP contribution in [0.4, 0.5) is 5.82 Å². The van der Waals surface area contributed by atoms with Crippen LogP contribution in [0.1, 0.15) is 19.4 Å². The Balaban J connectivity index is 2.35. The van der Waals surface area contributed by atoms with E-state index in [0.717, 1.165) is 23.8 Å². The Hall–Kier alpha value is -2.03. The van der Waals surface area contributed by atoms with Gasteiger partial charge in [0.25, 0.3) is 0 Å². The second-order valence-electron chi connectivity index (χ2n) is 3.80. The number of fused-ring (bicyclic) bond motifs is 1. The molecule has 2 rings (SSSR count). The molecule has 88 valence electrons. The average Bonchev–Trinajstić information content (AvgIpc) is 2.55. The third-order valence-corrected chi connectivity index (χ3v) is 2.65. The van der Waals surface area contributed by atoms with Crippen LogP contribution in [0.15, 0.2) is 54.0 Å². The summed E-state index contributed by atoms with van der Waals surface area (Å²) in [6, 6.07) is 4.03. The molecule has 0 amide bonds. The summed E-state index contributed by atoms with van der Waals surface area (Å²) in [5.41, 5.74) is 3.32. The quantitative estimate of drug-likeness (QED) is 0.774. The first-order chi connectivity index (χ1) is 8.35. The highest BCUT2D eigenvalue weighted by molar-refractivity contribution is 5.55. The Bertz CT molecular complexity index is 484. The molecule has 0 saturated carbocycles. The number of hydrogen-bond donors (Lipinski definition) is 2. The zero-order valence-electron chi connectivity index (χ0n) is 10.2. The molecule has 2 heterocycles. The minimum Gasteiger partial charge on any atom is -0.379 e. The highest BCUT2D eigenvalue weighted by atomic mass is 15.1. The number of nitrogens with one attached hydrogen (secondary N) is 2. The summed E-state index contributed by atoms with van der Waals surface area (Å²) >= 11 is 0.